The first kappa shape index (κ1) is 16.4. The number of nitrogen functional groups attached to an aromatic ring is 1. The summed E-state index contributed by atoms with van der Waals surface area (Å²) in [4.78, 5) is 20.2. The Hall–Kier alpha value is -3.07. The number of primary amides is 1. The normalized spacial score (nSPS) is 14.2. The third-order valence-corrected chi connectivity index (χ3v) is 4.38. The molecule has 0 bridgehead atoms. The standard InChI is InChI=1S/C16H16ClN7O2/c17-8-4-11(16(20-6-8)26-9-2-1-3-9)22-13-5-12(18)24-15(23-13)10(7-21-24)14(19)25/h4-7,9H,1-3,18H2,(H2,19,25)(H,22,23). The Balaban J connectivity index is 1.71. The monoisotopic (exact) mass is 373 g/mol. The number of halogens is 1. The van der Waals surface area contributed by atoms with Crippen LogP contribution in [0.2, 0.25) is 5.02 Å². The Morgan fingerprint density at radius 1 is 1.35 bits per heavy atom. The summed E-state index contributed by atoms with van der Waals surface area (Å²) in [5, 5.41) is 7.57. The van der Waals surface area contributed by atoms with Crippen molar-refractivity contribution in [2.24, 2.45) is 5.73 Å². The van der Waals surface area contributed by atoms with E-state index in [1.165, 1.54) is 16.9 Å². The number of hydrogen-bond donors (Lipinski definition) is 3. The van der Waals surface area contributed by atoms with Crippen molar-refractivity contribution in [1.82, 2.24) is 19.6 Å². The summed E-state index contributed by atoms with van der Waals surface area (Å²) in [6, 6.07) is 3.27. The number of nitrogens with two attached hydrogens (primary N) is 2. The first-order valence-corrected chi connectivity index (χ1v) is 8.42. The third-order valence-electron chi connectivity index (χ3n) is 4.18. The van der Waals surface area contributed by atoms with Gasteiger partial charge in [-0.3, -0.25) is 4.79 Å². The predicted molar refractivity (Wildman–Crippen MR) is 96.7 cm³/mol. The van der Waals surface area contributed by atoms with Gasteiger partial charge < -0.3 is 21.5 Å². The molecule has 1 aliphatic rings. The van der Waals surface area contributed by atoms with Crippen molar-refractivity contribution >= 4 is 40.5 Å². The number of nitrogens with one attached hydrogen (secondary N) is 1. The molecule has 1 aliphatic carbocycles. The van der Waals surface area contributed by atoms with Gasteiger partial charge in [0.25, 0.3) is 5.91 Å². The molecule has 0 aliphatic heterocycles. The fourth-order valence-electron chi connectivity index (χ4n) is 2.62. The minimum absolute atomic E-state index is 0.154. The van der Waals surface area contributed by atoms with Gasteiger partial charge in [-0.15, -0.1) is 0 Å². The lowest BCUT2D eigenvalue weighted by Crippen LogP contribution is -2.25. The van der Waals surface area contributed by atoms with Gasteiger partial charge in [0, 0.05) is 12.3 Å². The van der Waals surface area contributed by atoms with Gasteiger partial charge in [-0.1, -0.05) is 11.6 Å². The summed E-state index contributed by atoms with van der Waals surface area (Å²) in [6.45, 7) is 0. The van der Waals surface area contributed by atoms with Crippen LogP contribution in [-0.4, -0.2) is 31.6 Å². The maximum absolute atomic E-state index is 11.5. The van der Waals surface area contributed by atoms with Crippen LogP contribution in [0, 0.1) is 0 Å². The second-order valence-electron chi connectivity index (χ2n) is 6.03. The Labute approximate surface area is 153 Å². The van der Waals surface area contributed by atoms with E-state index in [0.29, 0.717) is 28.2 Å². The minimum Gasteiger partial charge on any atom is -0.473 e. The molecule has 3 aromatic rings. The zero-order chi connectivity index (χ0) is 18.3. The fraction of sp³-hybridized carbons (Fsp3) is 0.250. The second kappa shape index (κ2) is 6.34. The van der Waals surface area contributed by atoms with E-state index in [0.717, 1.165) is 19.3 Å². The molecule has 1 fully saturated rings. The number of carbonyl (C=O) groups is 1. The molecule has 26 heavy (non-hydrogen) atoms. The zero-order valence-electron chi connectivity index (χ0n) is 13.6. The molecule has 0 saturated heterocycles. The van der Waals surface area contributed by atoms with Crippen LogP contribution in [-0.2, 0) is 0 Å². The van der Waals surface area contributed by atoms with Gasteiger partial charge in [-0.05, 0) is 25.3 Å². The maximum atomic E-state index is 11.5. The molecule has 134 valence electrons. The summed E-state index contributed by atoms with van der Waals surface area (Å²) in [5.41, 5.74) is 12.3. The highest BCUT2D eigenvalue weighted by molar-refractivity contribution is 6.30. The molecule has 0 aromatic carbocycles. The summed E-state index contributed by atoms with van der Waals surface area (Å²) in [7, 11) is 0. The van der Waals surface area contributed by atoms with Gasteiger partial charge in [-0.25, -0.2) is 9.97 Å². The number of hydrogen-bond acceptors (Lipinski definition) is 7. The van der Waals surface area contributed by atoms with Crippen molar-refractivity contribution in [3.05, 3.63) is 35.1 Å². The Kier molecular flexibility index (Phi) is 4.00. The highest BCUT2D eigenvalue weighted by Gasteiger charge is 2.22. The van der Waals surface area contributed by atoms with Gasteiger partial charge in [0.1, 0.15) is 29.0 Å². The molecule has 0 radical (unpaired) electrons. The first-order chi connectivity index (χ1) is 12.5. The van der Waals surface area contributed by atoms with Crippen LogP contribution >= 0.6 is 11.6 Å². The largest absolute Gasteiger partial charge is 0.473 e. The topological polar surface area (TPSA) is 133 Å². The summed E-state index contributed by atoms with van der Waals surface area (Å²) in [6.07, 6.45) is 6.15. The van der Waals surface area contributed by atoms with E-state index in [1.807, 2.05) is 0 Å². The summed E-state index contributed by atoms with van der Waals surface area (Å²) in [5.74, 6) is 0.479. The van der Waals surface area contributed by atoms with Crippen LogP contribution in [0.1, 0.15) is 29.6 Å². The molecule has 5 N–H and O–H groups in total. The molecule has 3 heterocycles. The zero-order valence-corrected chi connectivity index (χ0v) is 14.4. The Morgan fingerprint density at radius 2 is 2.15 bits per heavy atom. The molecule has 1 saturated carbocycles. The van der Waals surface area contributed by atoms with E-state index in [2.05, 4.69) is 20.4 Å². The third kappa shape index (κ3) is 2.97. The number of carbonyl (C=O) groups excluding carboxylic acids is 1. The van der Waals surface area contributed by atoms with E-state index >= 15 is 0 Å². The average molecular weight is 374 g/mol. The lowest BCUT2D eigenvalue weighted by molar-refractivity contribution is 0.100. The maximum Gasteiger partial charge on any atom is 0.254 e. The SMILES string of the molecule is NC(=O)c1cnn2c(N)cc(Nc3cc(Cl)cnc3OC3CCC3)nc12. The van der Waals surface area contributed by atoms with Gasteiger partial charge in [0.2, 0.25) is 5.88 Å². The molecular weight excluding hydrogens is 358 g/mol. The molecule has 10 heteroatoms. The average Bonchev–Trinajstić information content (AvgIpc) is 2.97. The molecule has 0 unspecified atom stereocenters. The Morgan fingerprint density at radius 3 is 2.85 bits per heavy atom. The first-order valence-electron chi connectivity index (χ1n) is 8.04. The number of fused-ring (bicyclic) bond motifs is 1. The van der Waals surface area contributed by atoms with Crippen LogP contribution in [0.15, 0.2) is 24.5 Å². The predicted octanol–water partition coefficient (Wildman–Crippen LogP) is 2.13. The number of rotatable bonds is 5. The number of amides is 1. The Bertz CT molecular complexity index is 1000. The van der Waals surface area contributed by atoms with E-state index in [1.54, 1.807) is 12.1 Å². The van der Waals surface area contributed by atoms with E-state index in [9.17, 15) is 4.79 Å². The molecule has 0 atom stereocenters. The molecular formula is C16H16ClN7O2. The summed E-state index contributed by atoms with van der Waals surface area (Å²) < 4.78 is 7.23. The number of ether oxygens (including phenoxy) is 1. The van der Waals surface area contributed by atoms with Gasteiger partial charge in [-0.2, -0.15) is 9.61 Å². The number of aromatic nitrogens is 4. The quantitative estimate of drug-likeness (QED) is 0.623. The van der Waals surface area contributed by atoms with Crippen molar-refractivity contribution < 1.29 is 9.53 Å². The minimum atomic E-state index is -0.637. The molecule has 0 spiro atoms. The van der Waals surface area contributed by atoms with Gasteiger partial charge in [0.05, 0.1) is 11.2 Å². The highest BCUT2D eigenvalue weighted by atomic mass is 35.5. The fourth-order valence-corrected chi connectivity index (χ4v) is 2.78. The molecule has 9 nitrogen and oxygen atoms in total. The lowest BCUT2D eigenvalue weighted by Gasteiger charge is -2.26. The number of anilines is 3. The van der Waals surface area contributed by atoms with Crippen LogP contribution in [0.5, 0.6) is 5.88 Å². The highest BCUT2D eigenvalue weighted by Crippen LogP contribution is 2.32. The van der Waals surface area contributed by atoms with Crippen molar-refractivity contribution in [3.8, 4) is 5.88 Å². The van der Waals surface area contributed by atoms with E-state index in [4.69, 9.17) is 27.8 Å². The van der Waals surface area contributed by atoms with E-state index in [-0.39, 0.29) is 17.3 Å². The van der Waals surface area contributed by atoms with Crippen molar-refractivity contribution in [3.63, 3.8) is 0 Å². The molecule has 3 aromatic heterocycles. The van der Waals surface area contributed by atoms with Crippen LogP contribution < -0.4 is 21.5 Å². The molecule has 1 amide bonds. The van der Waals surface area contributed by atoms with Crippen LogP contribution in [0.25, 0.3) is 5.65 Å². The van der Waals surface area contributed by atoms with Crippen molar-refractivity contribution in [2.45, 2.75) is 25.4 Å². The van der Waals surface area contributed by atoms with Crippen molar-refractivity contribution in [2.75, 3.05) is 11.1 Å². The smallest absolute Gasteiger partial charge is 0.254 e. The van der Waals surface area contributed by atoms with Gasteiger partial charge >= 0.3 is 0 Å². The lowest BCUT2D eigenvalue weighted by atomic mass is 9.96. The summed E-state index contributed by atoms with van der Waals surface area (Å²) >= 11 is 6.06. The number of pyridine rings is 1. The molecule has 4 rings (SSSR count). The van der Waals surface area contributed by atoms with Crippen LogP contribution in [0.3, 0.4) is 0 Å². The van der Waals surface area contributed by atoms with Crippen LogP contribution in [0.4, 0.5) is 17.3 Å². The second-order valence-corrected chi connectivity index (χ2v) is 6.46. The van der Waals surface area contributed by atoms with Crippen molar-refractivity contribution in [1.29, 1.82) is 0 Å². The van der Waals surface area contributed by atoms with E-state index < -0.39 is 5.91 Å². The van der Waals surface area contributed by atoms with Gasteiger partial charge in [0.15, 0.2) is 5.65 Å². The number of nitrogens with zero attached hydrogens (tertiary/aromatic N) is 4.